The van der Waals surface area contributed by atoms with Crippen LogP contribution in [0.2, 0.25) is 0 Å². The molecule has 0 radical (unpaired) electrons. The van der Waals surface area contributed by atoms with E-state index in [4.69, 9.17) is 0 Å². The van der Waals surface area contributed by atoms with Crippen molar-refractivity contribution in [2.75, 3.05) is 20.1 Å². The van der Waals surface area contributed by atoms with Crippen LogP contribution in [0, 0.1) is 0 Å². The first-order valence-electron chi connectivity index (χ1n) is 3.43. The number of rotatable bonds is 0. The zero-order valence-electron chi connectivity index (χ0n) is 5.62. The Hall–Kier alpha value is 0.270. The van der Waals surface area contributed by atoms with E-state index in [9.17, 15) is 0 Å². The van der Waals surface area contributed by atoms with Crippen LogP contribution in [0.5, 0.6) is 0 Å². The van der Waals surface area contributed by atoms with Gasteiger partial charge in [0, 0.05) is 25.2 Å². The quantitative estimate of drug-likeness (QED) is 0.486. The molecule has 0 aromatic rings. The molecule has 52 valence electrons. The van der Waals surface area contributed by atoms with Gasteiger partial charge in [-0.1, -0.05) is 12.8 Å². The average Bonchev–Trinajstić information content (AvgIpc) is 1.87. The Labute approximate surface area is 61.4 Å². The van der Waals surface area contributed by atoms with Crippen molar-refractivity contribution in [3.05, 3.63) is 0 Å². The molecular formula is C6H12N2S. The molecule has 0 spiro atoms. The van der Waals surface area contributed by atoms with Gasteiger partial charge in [0.15, 0.2) is 0 Å². The highest BCUT2D eigenvalue weighted by molar-refractivity contribution is 7.77. The van der Waals surface area contributed by atoms with E-state index >= 15 is 0 Å². The van der Waals surface area contributed by atoms with Crippen molar-refractivity contribution in [2.24, 2.45) is 0 Å². The third kappa shape index (κ3) is 0.791. The van der Waals surface area contributed by atoms with Crippen LogP contribution in [0.25, 0.3) is 0 Å². The highest BCUT2D eigenvalue weighted by Gasteiger charge is 2.41. The summed E-state index contributed by atoms with van der Waals surface area (Å²) >= 11 is 4.35. The Bertz CT molecular complexity index is 116. The second-order valence-corrected chi connectivity index (χ2v) is 3.61. The molecule has 0 aromatic heterocycles. The summed E-state index contributed by atoms with van der Waals surface area (Å²) in [5, 5.41) is 0. The first kappa shape index (κ1) is 6.01. The lowest BCUT2D eigenvalue weighted by Crippen LogP contribution is -2.64. The Kier molecular flexibility index (Phi) is 1.25. The number of likely N-dealkylation sites (N-methyl/N-ethyl adjacent to an activating group) is 1. The van der Waals surface area contributed by atoms with E-state index in [1.807, 2.05) is 0 Å². The van der Waals surface area contributed by atoms with E-state index in [0.29, 0.717) is 0 Å². The number of hydrogen-bond donors (Lipinski definition) is 1. The van der Waals surface area contributed by atoms with Gasteiger partial charge in [-0.05, 0) is 13.5 Å². The Morgan fingerprint density at radius 2 is 1.89 bits per heavy atom. The van der Waals surface area contributed by atoms with Crippen LogP contribution in [0.3, 0.4) is 0 Å². The maximum atomic E-state index is 4.35. The standard InChI is InChI=1S/C6H12N2S/c1-7-3-5-2-6(4-7)8(5)9/h5-6,9H,2-4H2,1H3. The molecule has 0 amide bonds. The molecule has 2 atom stereocenters. The molecule has 3 rings (SSSR count). The summed E-state index contributed by atoms with van der Waals surface area (Å²) in [4.78, 5) is 2.38. The molecule has 0 aliphatic carbocycles. The van der Waals surface area contributed by atoms with Gasteiger partial charge in [-0.2, -0.15) is 0 Å². The van der Waals surface area contributed by atoms with Crippen molar-refractivity contribution in [3.8, 4) is 0 Å². The second kappa shape index (κ2) is 1.87. The van der Waals surface area contributed by atoms with Gasteiger partial charge >= 0.3 is 0 Å². The molecule has 2 unspecified atom stereocenters. The average molecular weight is 144 g/mol. The molecule has 3 heterocycles. The summed E-state index contributed by atoms with van der Waals surface area (Å²) in [7, 11) is 2.18. The van der Waals surface area contributed by atoms with Crippen molar-refractivity contribution in [3.63, 3.8) is 0 Å². The molecule has 2 bridgehead atoms. The van der Waals surface area contributed by atoms with Gasteiger partial charge in [0.05, 0.1) is 0 Å². The van der Waals surface area contributed by atoms with Gasteiger partial charge in [-0.3, -0.25) is 0 Å². The minimum atomic E-state index is 0.747. The third-order valence-electron chi connectivity index (χ3n) is 2.34. The van der Waals surface area contributed by atoms with E-state index < -0.39 is 0 Å². The molecule has 3 aliphatic rings. The molecule has 0 saturated carbocycles. The van der Waals surface area contributed by atoms with Crippen LogP contribution >= 0.6 is 12.8 Å². The number of thiol groups is 1. The van der Waals surface area contributed by atoms with Crippen LogP contribution < -0.4 is 0 Å². The monoisotopic (exact) mass is 144 g/mol. The fourth-order valence-electron chi connectivity index (χ4n) is 1.80. The van der Waals surface area contributed by atoms with Crippen LogP contribution in [-0.4, -0.2) is 41.4 Å². The van der Waals surface area contributed by atoms with Crippen molar-refractivity contribution in [2.45, 2.75) is 18.5 Å². The Balaban J connectivity index is 2.01. The van der Waals surface area contributed by atoms with E-state index in [0.717, 1.165) is 12.1 Å². The van der Waals surface area contributed by atoms with E-state index in [2.05, 4.69) is 29.1 Å². The van der Waals surface area contributed by atoms with Crippen molar-refractivity contribution in [1.29, 1.82) is 0 Å². The van der Waals surface area contributed by atoms with Gasteiger partial charge in [-0.25, -0.2) is 4.31 Å². The molecule has 3 aliphatic heterocycles. The summed E-state index contributed by atoms with van der Waals surface area (Å²) in [5.74, 6) is 0. The van der Waals surface area contributed by atoms with Gasteiger partial charge < -0.3 is 4.90 Å². The van der Waals surface area contributed by atoms with Crippen molar-refractivity contribution < 1.29 is 0 Å². The molecule has 3 fully saturated rings. The van der Waals surface area contributed by atoms with Gasteiger partial charge in [0.25, 0.3) is 0 Å². The maximum Gasteiger partial charge on any atom is 0.0346 e. The van der Waals surface area contributed by atoms with E-state index in [-0.39, 0.29) is 0 Å². The van der Waals surface area contributed by atoms with Crippen LogP contribution in [0.15, 0.2) is 0 Å². The molecule has 0 N–H and O–H groups in total. The second-order valence-electron chi connectivity index (χ2n) is 3.14. The summed E-state index contributed by atoms with van der Waals surface area (Å²) < 4.78 is 2.19. The van der Waals surface area contributed by atoms with Gasteiger partial charge in [0.2, 0.25) is 0 Å². The molecule has 9 heavy (non-hydrogen) atoms. The van der Waals surface area contributed by atoms with E-state index in [1.165, 1.54) is 19.5 Å². The highest BCUT2D eigenvalue weighted by atomic mass is 32.1. The van der Waals surface area contributed by atoms with Crippen LogP contribution in [0.4, 0.5) is 0 Å². The smallest absolute Gasteiger partial charge is 0.0346 e. The first-order chi connectivity index (χ1) is 4.27. The fraction of sp³-hybridized carbons (Fsp3) is 1.00. The number of fused-ring (bicyclic) bond motifs is 2. The summed E-state index contributed by atoms with van der Waals surface area (Å²) in [6.45, 7) is 2.42. The van der Waals surface area contributed by atoms with Crippen LogP contribution in [0.1, 0.15) is 6.42 Å². The first-order valence-corrected chi connectivity index (χ1v) is 3.83. The number of hydrogen-bond acceptors (Lipinski definition) is 3. The van der Waals surface area contributed by atoms with Gasteiger partial charge in [0.1, 0.15) is 0 Å². The normalized spacial score (nSPS) is 44.7. The lowest BCUT2D eigenvalue weighted by molar-refractivity contribution is 0.0160. The molecule has 2 nitrogen and oxygen atoms in total. The number of piperidine rings is 1. The maximum absolute atomic E-state index is 4.35. The topological polar surface area (TPSA) is 6.48 Å². The molecule has 3 saturated heterocycles. The predicted molar refractivity (Wildman–Crippen MR) is 40.5 cm³/mol. The molecule has 0 aromatic carbocycles. The zero-order valence-corrected chi connectivity index (χ0v) is 6.51. The lowest BCUT2D eigenvalue weighted by atomic mass is 9.92. The van der Waals surface area contributed by atoms with Crippen molar-refractivity contribution >= 4 is 12.8 Å². The fourth-order valence-corrected chi connectivity index (χ4v) is 2.14. The Morgan fingerprint density at radius 3 is 2.22 bits per heavy atom. The number of piperazine rings is 1. The minimum absolute atomic E-state index is 0.747. The Morgan fingerprint density at radius 1 is 1.33 bits per heavy atom. The number of nitrogens with zero attached hydrogens (tertiary/aromatic N) is 2. The van der Waals surface area contributed by atoms with Crippen LogP contribution in [-0.2, 0) is 0 Å². The largest absolute Gasteiger partial charge is 0.303 e. The molecule has 3 heteroatoms. The van der Waals surface area contributed by atoms with E-state index in [1.54, 1.807) is 0 Å². The SMILES string of the molecule is CN1CC2CC(C1)N2S. The third-order valence-corrected chi connectivity index (χ3v) is 2.99. The molecular weight excluding hydrogens is 132 g/mol. The zero-order chi connectivity index (χ0) is 6.43. The lowest BCUT2D eigenvalue weighted by Gasteiger charge is -2.52. The van der Waals surface area contributed by atoms with Crippen molar-refractivity contribution in [1.82, 2.24) is 9.21 Å². The predicted octanol–water partition coefficient (Wildman–Crippen LogP) is 0.219. The summed E-state index contributed by atoms with van der Waals surface area (Å²) in [6.07, 6.45) is 1.37. The summed E-state index contributed by atoms with van der Waals surface area (Å²) in [5.41, 5.74) is 0. The highest BCUT2D eigenvalue weighted by Crippen LogP contribution is 2.32. The van der Waals surface area contributed by atoms with Gasteiger partial charge in [-0.15, -0.1) is 0 Å². The summed E-state index contributed by atoms with van der Waals surface area (Å²) in [6, 6.07) is 1.49. The minimum Gasteiger partial charge on any atom is -0.303 e.